The van der Waals surface area contributed by atoms with Gasteiger partial charge in [-0.25, -0.2) is 4.98 Å². The third-order valence-electron chi connectivity index (χ3n) is 2.35. The van der Waals surface area contributed by atoms with Gasteiger partial charge in [-0.1, -0.05) is 0 Å². The van der Waals surface area contributed by atoms with Gasteiger partial charge in [-0.15, -0.1) is 0 Å². The first-order valence-corrected chi connectivity index (χ1v) is 4.79. The predicted molar refractivity (Wildman–Crippen MR) is 58.9 cm³/mol. The van der Waals surface area contributed by atoms with Crippen molar-refractivity contribution < 1.29 is 4.74 Å². The second-order valence-electron chi connectivity index (χ2n) is 3.35. The van der Waals surface area contributed by atoms with E-state index in [1.54, 1.807) is 13.3 Å². The molecule has 0 aromatic carbocycles. The molecular formula is C11H15N3O. The molecule has 0 spiro atoms. The van der Waals surface area contributed by atoms with E-state index < -0.39 is 0 Å². The van der Waals surface area contributed by atoms with Gasteiger partial charge >= 0.3 is 0 Å². The third kappa shape index (κ3) is 2.59. The Morgan fingerprint density at radius 3 is 3.00 bits per heavy atom. The van der Waals surface area contributed by atoms with Gasteiger partial charge in [0.2, 0.25) is 0 Å². The van der Waals surface area contributed by atoms with Crippen molar-refractivity contribution in [1.82, 2.24) is 4.98 Å². The predicted octanol–water partition coefficient (Wildman–Crippen LogP) is 1.83. The summed E-state index contributed by atoms with van der Waals surface area (Å²) < 4.78 is 5.21. The highest BCUT2D eigenvalue weighted by molar-refractivity contribution is 5.52. The average molecular weight is 205 g/mol. The molecule has 0 radical (unpaired) electrons. The molecule has 0 bridgehead atoms. The number of nitrogens with zero attached hydrogens (tertiary/aromatic N) is 3. The van der Waals surface area contributed by atoms with Gasteiger partial charge in [0.15, 0.2) is 11.6 Å². The van der Waals surface area contributed by atoms with Crippen LogP contribution in [0.5, 0.6) is 5.75 Å². The lowest BCUT2D eigenvalue weighted by molar-refractivity contribution is 0.411. The standard InChI is InChI=1S/C11H15N3O/c1-9(6-7-12)14(2)11-10(15-3)5-4-8-13-11/h4-5,8-9H,6H2,1-3H3. The van der Waals surface area contributed by atoms with E-state index in [0.717, 1.165) is 11.6 Å². The minimum Gasteiger partial charge on any atom is -0.493 e. The smallest absolute Gasteiger partial charge is 0.171 e. The molecule has 0 fully saturated rings. The van der Waals surface area contributed by atoms with Gasteiger partial charge in [-0.05, 0) is 19.1 Å². The van der Waals surface area contributed by atoms with Crippen LogP contribution in [-0.4, -0.2) is 25.2 Å². The number of anilines is 1. The topological polar surface area (TPSA) is 49.1 Å². The summed E-state index contributed by atoms with van der Waals surface area (Å²) in [6.07, 6.45) is 2.18. The van der Waals surface area contributed by atoms with E-state index in [0.29, 0.717) is 6.42 Å². The second-order valence-corrected chi connectivity index (χ2v) is 3.35. The van der Waals surface area contributed by atoms with Crippen LogP contribution in [0.1, 0.15) is 13.3 Å². The molecule has 0 N–H and O–H groups in total. The van der Waals surface area contributed by atoms with Crippen molar-refractivity contribution in [2.45, 2.75) is 19.4 Å². The van der Waals surface area contributed by atoms with Gasteiger partial charge in [0.05, 0.1) is 19.6 Å². The fraction of sp³-hybridized carbons (Fsp3) is 0.455. The Morgan fingerprint density at radius 1 is 1.67 bits per heavy atom. The summed E-state index contributed by atoms with van der Waals surface area (Å²) in [6, 6.07) is 5.95. The monoisotopic (exact) mass is 205 g/mol. The zero-order valence-electron chi connectivity index (χ0n) is 9.27. The van der Waals surface area contributed by atoms with E-state index in [1.165, 1.54) is 0 Å². The number of pyridine rings is 1. The van der Waals surface area contributed by atoms with Crippen molar-refractivity contribution in [1.29, 1.82) is 5.26 Å². The first-order valence-electron chi connectivity index (χ1n) is 4.79. The highest BCUT2D eigenvalue weighted by atomic mass is 16.5. The number of hydrogen-bond donors (Lipinski definition) is 0. The zero-order valence-corrected chi connectivity index (χ0v) is 9.27. The molecule has 1 aromatic heterocycles. The molecule has 0 aliphatic heterocycles. The highest BCUT2D eigenvalue weighted by Crippen LogP contribution is 2.25. The van der Waals surface area contributed by atoms with Crippen LogP contribution in [0, 0.1) is 11.3 Å². The maximum atomic E-state index is 8.63. The summed E-state index contributed by atoms with van der Waals surface area (Å²) in [5, 5.41) is 8.63. The van der Waals surface area contributed by atoms with Crippen LogP contribution in [0.25, 0.3) is 0 Å². The molecule has 1 rings (SSSR count). The SMILES string of the molecule is COc1cccnc1N(C)C(C)CC#N. The fourth-order valence-corrected chi connectivity index (χ4v) is 1.28. The number of nitriles is 1. The zero-order chi connectivity index (χ0) is 11.3. The van der Waals surface area contributed by atoms with E-state index in [9.17, 15) is 0 Å². The van der Waals surface area contributed by atoms with Crippen LogP contribution >= 0.6 is 0 Å². The van der Waals surface area contributed by atoms with E-state index in [4.69, 9.17) is 10.00 Å². The Labute approximate surface area is 90.1 Å². The number of methoxy groups -OCH3 is 1. The maximum absolute atomic E-state index is 8.63. The van der Waals surface area contributed by atoms with Crippen LogP contribution in [0.15, 0.2) is 18.3 Å². The van der Waals surface area contributed by atoms with Crippen molar-refractivity contribution in [2.75, 3.05) is 19.1 Å². The molecule has 80 valence electrons. The summed E-state index contributed by atoms with van der Waals surface area (Å²) in [5.41, 5.74) is 0. The van der Waals surface area contributed by atoms with Gasteiger partial charge in [0, 0.05) is 19.3 Å². The summed E-state index contributed by atoms with van der Waals surface area (Å²) in [6.45, 7) is 1.98. The lowest BCUT2D eigenvalue weighted by atomic mass is 10.2. The Kier molecular flexibility index (Phi) is 3.92. The van der Waals surface area contributed by atoms with E-state index in [-0.39, 0.29) is 6.04 Å². The first kappa shape index (κ1) is 11.3. The number of hydrogen-bond acceptors (Lipinski definition) is 4. The van der Waals surface area contributed by atoms with Crippen molar-refractivity contribution in [3.8, 4) is 11.8 Å². The van der Waals surface area contributed by atoms with Gasteiger partial charge in [-0.3, -0.25) is 0 Å². The normalized spacial score (nSPS) is 11.6. The lowest BCUT2D eigenvalue weighted by Crippen LogP contribution is -2.29. The Balaban J connectivity index is 2.90. The van der Waals surface area contributed by atoms with E-state index in [2.05, 4.69) is 11.1 Å². The van der Waals surface area contributed by atoms with Crippen molar-refractivity contribution >= 4 is 5.82 Å². The van der Waals surface area contributed by atoms with Gasteiger partial charge in [0.1, 0.15) is 0 Å². The first-order chi connectivity index (χ1) is 7.20. The van der Waals surface area contributed by atoms with Crippen molar-refractivity contribution in [3.05, 3.63) is 18.3 Å². The molecule has 1 atom stereocenters. The van der Waals surface area contributed by atoms with Gasteiger partial charge < -0.3 is 9.64 Å². The Bertz CT molecular complexity index is 359. The minimum atomic E-state index is 0.124. The van der Waals surface area contributed by atoms with Crippen LogP contribution < -0.4 is 9.64 Å². The van der Waals surface area contributed by atoms with E-state index in [1.807, 2.05) is 31.0 Å². The quantitative estimate of drug-likeness (QED) is 0.752. The number of aromatic nitrogens is 1. The summed E-state index contributed by atoms with van der Waals surface area (Å²) in [4.78, 5) is 6.19. The number of ether oxygens (including phenoxy) is 1. The molecule has 0 aliphatic rings. The van der Waals surface area contributed by atoms with E-state index >= 15 is 0 Å². The molecule has 0 saturated heterocycles. The molecule has 0 aliphatic carbocycles. The minimum absolute atomic E-state index is 0.124. The summed E-state index contributed by atoms with van der Waals surface area (Å²) >= 11 is 0. The molecule has 1 aromatic rings. The Morgan fingerprint density at radius 2 is 2.40 bits per heavy atom. The van der Waals surface area contributed by atoms with Crippen molar-refractivity contribution in [3.63, 3.8) is 0 Å². The molecule has 1 unspecified atom stereocenters. The van der Waals surface area contributed by atoms with Crippen LogP contribution in [0.2, 0.25) is 0 Å². The average Bonchev–Trinajstić information content (AvgIpc) is 2.28. The molecule has 0 amide bonds. The summed E-state index contributed by atoms with van der Waals surface area (Å²) in [5.74, 6) is 1.49. The fourth-order valence-electron chi connectivity index (χ4n) is 1.28. The summed E-state index contributed by atoms with van der Waals surface area (Å²) in [7, 11) is 3.52. The van der Waals surface area contributed by atoms with Gasteiger partial charge in [0.25, 0.3) is 0 Å². The molecule has 15 heavy (non-hydrogen) atoms. The molecule has 0 saturated carbocycles. The third-order valence-corrected chi connectivity index (χ3v) is 2.35. The van der Waals surface area contributed by atoms with Crippen molar-refractivity contribution in [2.24, 2.45) is 0 Å². The molecule has 4 heteroatoms. The van der Waals surface area contributed by atoms with Crippen LogP contribution in [0.3, 0.4) is 0 Å². The molecule has 4 nitrogen and oxygen atoms in total. The van der Waals surface area contributed by atoms with Crippen LogP contribution in [-0.2, 0) is 0 Å². The lowest BCUT2D eigenvalue weighted by Gasteiger charge is -2.25. The highest BCUT2D eigenvalue weighted by Gasteiger charge is 2.14. The molecule has 1 heterocycles. The second kappa shape index (κ2) is 5.20. The van der Waals surface area contributed by atoms with Gasteiger partial charge in [-0.2, -0.15) is 5.26 Å². The largest absolute Gasteiger partial charge is 0.493 e. The maximum Gasteiger partial charge on any atom is 0.171 e. The molecular weight excluding hydrogens is 190 g/mol. The number of rotatable bonds is 4. The Hall–Kier alpha value is -1.76. The van der Waals surface area contributed by atoms with Crippen LogP contribution in [0.4, 0.5) is 5.82 Å².